The van der Waals surface area contributed by atoms with Crippen molar-refractivity contribution < 1.29 is 4.42 Å². The van der Waals surface area contributed by atoms with E-state index in [2.05, 4.69) is 22.1 Å². The van der Waals surface area contributed by atoms with Gasteiger partial charge in [-0.3, -0.25) is 15.0 Å². The zero-order valence-electron chi connectivity index (χ0n) is 10.4. The van der Waals surface area contributed by atoms with Gasteiger partial charge in [-0.2, -0.15) is 0 Å². The molecule has 0 radical (unpaired) electrons. The highest BCUT2D eigenvalue weighted by molar-refractivity contribution is 5.81. The third kappa shape index (κ3) is 2.14. The highest BCUT2D eigenvalue weighted by Gasteiger charge is 1.98. The maximum absolute atomic E-state index is 11.5. The summed E-state index contributed by atoms with van der Waals surface area (Å²) in [5.74, 6) is 0. The predicted octanol–water partition coefficient (Wildman–Crippen LogP) is 0.0698. The second kappa shape index (κ2) is 4.58. The Labute approximate surface area is 112 Å². The zero-order chi connectivity index (χ0) is 14.1. The van der Waals surface area contributed by atoms with Gasteiger partial charge in [0.25, 0.3) is 5.56 Å². The van der Waals surface area contributed by atoms with Crippen LogP contribution in [0.5, 0.6) is 0 Å². The number of hydrogen-bond acceptors (Lipinski definition) is 4. The first-order valence-electron chi connectivity index (χ1n) is 5.90. The van der Waals surface area contributed by atoms with Crippen molar-refractivity contribution in [3.8, 4) is 0 Å². The summed E-state index contributed by atoms with van der Waals surface area (Å²) < 4.78 is 5.04. The minimum absolute atomic E-state index is 0.241. The second-order valence-corrected chi connectivity index (χ2v) is 4.27. The Morgan fingerprint density at radius 1 is 1.15 bits per heavy atom. The van der Waals surface area contributed by atoms with Crippen LogP contribution in [-0.2, 0) is 0 Å². The number of rotatable bonds is 2. The lowest BCUT2D eigenvalue weighted by Gasteiger charge is -2.01. The number of benzene rings is 1. The second-order valence-electron chi connectivity index (χ2n) is 4.27. The molecule has 3 aromatic rings. The molecule has 6 nitrogen and oxygen atoms in total. The van der Waals surface area contributed by atoms with Crippen molar-refractivity contribution in [3.63, 3.8) is 0 Å². The van der Waals surface area contributed by atoms with E-state index in [4.69, 9.17) is 4.42 Å². The number of H-pyrrole nitrogens is 2. The summed E-state index contributed by atoms with van der Waals surface area (Å²) in [5.41, 5.74) is 0.659. The van der Waals surface area contributed by atoms with E-state index < -0.39 is 0 Å². The molecule has 0 bridgehead atoms. The summed E-state index contributed by atoms with van der Waals surface area (Å²) in [5, 5.41) is 9.83. The fraction of sp³-hybridized carbons (Fsp3) is 0. The Hall–Kier alpha value is -3.02. The fourth-order valence-corrected chi connectivity index (χ4v) is 1.87. The fourth-order valence-electron chi connectivity index (χ4n) is 1.87. The van der Waals surface area contributed by atoms with E-state index in [-0.39, 0.29) is 11.2 Å². The van der Waals surface area contributed by atoms with Crippen molar-refractivity contribution in [2.45, 2.75) is 0 Å². The third-order valence-corrected chi connectivity index (χ3v) is 2.90. The molecule has 0 spiro atoms. The first-order valence-corrected chi connectivity index (χ1v) is 5.90. The molecule has 0 aliphatic rings. The molecular weight excluding hydrogens is 258 g/mol. The lowest BCUT2D eigenvalue weighted by Crippen LogP contribution is -2.33. The molecule has 0 amide bonds. The van der Waals surface area contributed by atoms with Gasteiger partial charge >= 0.3 is 5.63 Å². The van der Waals surface area contributed by atoms with Gasteiger partial charge in [-0.25, -0.2) is 4.79 Å². The molecule has 0 aliphatic carbocycles. The van der Waals surface area contributed by atoms with E-state index in [1.165, 1.54) is 6.07 Å². The molecule has 3 N–H and O–H groups in total. The lowest BCUT2D eigenvalue weighted by molar-refractivity contribution is 0.561. The Balaban J connectivity index is 2.02. The van der Waals surface area contributed by atoms with E-state index in [0.29, 0.717) is 16.2 Å². The molecule has 100 valence electrons. The van der Waals surface area contributed by atoms with Gasteiger partial charge in [-0.1, -0.05) is 6.58 Å². The zero-order valence-corrected chi connectivity index (χ0v) is 10.4. The van der Waals surface area contributed by atoms with Gasteiger partial charge < -0.3 is 9.73 Å². The molecule has 0 saturated heterocycles. The predicted molar refractivity (Wildman–Crippen MR) is 76.8 cm³/mol. The van der Waals surface area contributed by atoms with Crippen LogP contribution in [0.4, 0.5) is 5.69 Å². The van der Waals surface area contributed by atoms with Crippen LogP contribution in [0.25, 0.3) is 23.7 Å². The summed E-state index contributed by atoms with van der Waals surface area (Å²) in [7, 11) is 0. The number of aromatic amines is 2. The molecule has 2 heterocycles. The van der Waals surface area contributed by atoms with Crippen LogP contribution in [0.3, 0.4) is 0 Å². The molecule has 0 fully saturated rings. The van der Waals surface area contributed by atoms with E-state index in [0.717, 1.165) is 11.1 Å². The molecule has 0 saturated carbocycles. The number of anilines is 1. The standard InChI is InChI=1S/C14H11N3O3/c1-8-11(14(19)17-16-8)7-15-10-3-4-12-9(6-10)2-5-13(18)20-12/h2-7,15-16H,1H2,(H,17,19)/b11-7-. The summed E-state index contributed by atoms with van der Waals surface area (Å²) in [6.45, 7) is 3.71. The molecule has 0 atom stereocenters. The monoisotopic (exact) mass is 269 g/mol. The van der Waals surface area contributed by atoms with Crippen LogP contribution >= 0.6 is 0 Å². The largest absolute Gasteiger partial charge is 0.423 e. The lowest BCUT2D eigenvalue weighted by atomic mass is 10.2. The summed E-state index contributed by atoms with van der Waals surface area (Å²) in [6.07, 6.45) is 1.57. The van der Waals surface area contributed by atoms with Crippen molar-refractivity contribution >= 4 is 29.4 Å². The number of aromatic nitrogens is 2. The van der Waals surface area contributed by atoms with Gasteiger partial charge in [-0.15, -0.1) is 0 Å². The Morgan fingerprint density at radius 2 is 2.00 bits per heavy atom. The van der Waals surface area contributed by atoms with Crippen molar-refractivity contribution in [1.29, 1.82) is 0 Å². The van der Waals surface area contributed by atoms with Gasteiger partial charge in [0.2, 0.25) is 0 Å². The average molecular weight is 269 g/mol. The molecule has 20 heavy (non-hydrogen) atoms. The van der Waals surface area contributed by atoms with Crippen LogP contribution in [0.15, 0.2) is 44.3 Å². The smallest absolute Gasteiger partial charge is 0.336 e. The first-order chi connectivity index (χ1) is 9.63. The summed E-state index contributed by atoms with van der Waals surface area (Å²) in [6, 6.07) is 8.31. The SMILES string of the molecule is C=c1[nH][nH]c(=O)/c1=C\Nc1ccc2oc(=O)ccc2c1. The minimum atomic E-state index is -0.384. The highest BCUT2D eigenvalue weighted by Crippen LogP contribution is 2.17. The van der Waals surface area contributed by atoms with E-state index >= 15 is 0 Å². The Bertz CT molecular complexity index is 964. The molecule has 3 rings (SSSR count). The molecule has 1 aromatic carbocycles. The van der Waals surface area contributed by atoms with Crippen molar-refractivity contribution in [1.82, 2.24) is 10.2 Å². The first kappa shape index (κ1) is 12.0. The molecule has 0 unspecified atom stereocenters. The number of hydrogen-bond donors (Lipinski definition) is 3. The van der Waals surface area contributed by atoms with Crippen LogP contribution < -0.4 is 27.1 Å². The topological polar surface area (TPSA) is 90.9 Å². The van der Waals surface area contributed by atoms with Crippen molar-refractivity contribution in [2.75, 3.05) is 5.32 Å². The highest BCUT2D eigenvalue weighted by atomic mass is 16.4. The quantitative estimate of drug-likeness (QED) is 0.574. The van der Waals surface area contributed by atoms with Gasteiger partial charge in [0, 0.05) is 23.3 Å². The van der Waals surface area contributed by atoms with Crippen LogP contribution in [0.1, 0.15) is 0 Å². The van der Waals surface area contributed by atoms with Crippen LogP contribution in [-0.4, -0.2) is 10.2 Å². The van der Waals surface area contributed by atoms with E-state index in [1.807, 2.05) is 6.07 Å². The van der Waals surface area contributed by atoms with Crippen LogP contribution in [0.2, 0.25) is 0 Å². The Kier molecular flexibility index (Phi) is 2.76. The van der Waals surface area contributed by atoms with Gasteiger partial charge in [-0.05, 0) is 24.3 Å². The third-order valence-electron chi connectivity index (χ3n) is 2.90. The van der Waals surface area contributed by atoms with E-state index in [1.54, 1.807) is 24.4 Å². The van der Waals surface area contributed by atoms with Gasteiger partial charge in [0.1, 0.15) is 5.58 Å². The molecule has 6 heteroatoms. The molecule has 0 aliphatic heterocycles. The number of fused-ring (bicyclic) bond motifs is 1. The summed E-state index contributed by atoms with van der Waals surface area (Å²) in [4.78, 5) is 22.6. The van der Waals surface area contributed by atoms with E-state index in [9.17, 15) is 9.59 Å². The maximum atomic E-state index is 11.5. The minimum Gasteiger partial charge on any atom is -0.423 e. The molecular formula is C14H11N3O3. The average Bonchev–Trinajstić information content (AvgIpc) is 2.76. The van der Waals surface area contributed by atoms with Gasteiger partial charge in [0.05, 0.1) is 10.6 Å². The maximum Gasteiger partial charge on any atom is 0.336 e. The van der Waals surface area contributed by atoms with Gasteiger partial charge in [0.15, 0.2) is 0 Å². The molecule has 2 aromatic heterocycles. The van der Waals surface area contributed by atoms with Crippen molar-refractivity contribution in [2.24, 2.45) is 0 Å². The van der Waals surface area contributed by atoms with Crippen molar-refractivity contribution in [3.05, 3.63) is 61.7 Å². The number of nitrogens with one attached hydrogen (secondary N) is 3. The van der Waals surface area contributed by atoms with Crippen LogP contribution in [0, 0.1) is 0 Å². The Morgan fingerprint density at radius 3 is 2.75 bits per heavy atom. The normalized spacial score (nSPS) is 11.9. The summed E-state index contributed by atoms with van der Waals surface area (Å²) >= 11 is 0.